The second-order valence-corrected chi connectivity index (χ2v) is 8.28. The van der Waals surface area contributed by atoms with Crippen LogP contribution in [-0.4, -0.2) is 28.8 Å². The lowest BCUT2D eigenvalue weighted by molar-refractivity contribution is -0.384. The first-order valence-corrected chi connectivity index (χ1v) is 12.1. The molecule has 0 aliphatic rings. The maximum Gasteiger partial charge on any atom is 0.269 e. The monoisotopic (exact) mass is 418 g/mol. The molecule has 0 saturated carbocycles. The lowest BCUT2D eigenvalue weighted by Crippen LogP contribution is -2.31. The van der Waals surface area contributed by atoms with E-state index >= 15 is 0 Å². The van der Waals surface area contributed by atoms with E-state index in [1.807, 2.05) is 11.8 Å². The number of nitro groups is 1. The lowest BCUT2D eigenvalue weighted by Gasteiger charge is -2.21. The van der Waals surface area contributed by atoms with Gasteiger partial charge >= 0.3 is 0 Å². The summed E-state index contributed by atoms with van der Waals surface area (Å²) in [7, 11) is 0. The topological polar surface area (TPSA) is 63.5 Å². The summed E-state index contributed by atoms with van der Waals surface area (Å²) in [5.41, 5.74) is 0.536. The fourth-order valence-electron chi connectivity index (χ4n) is 3.81. The van der Waals surface area contributed by atoms with Crippen molar-refractivity contribution in [3.63, 3.8) is 0 Å². The molecule has 0 aliphatic carbocycles. The average molecular weight is 419 g/mol. The zero-order chi connectivity index (χ0) is 22.0. The SMILES string of the molecule is CCCCCCCCCCCCCCCCN(CC)C(=O)c1ccc([N+](=O)[O-])cc1. The standard InChI is InChI=1S/C25H42N2O3/c1-3-5-6-7-8-9-10-11-12-13-14-15-16-17-22-26(4-2)25(28)23-18-20-24(21-19-23)27(29)30/h18-21H,3-17,22H2,1-2H3. The van der Waals surface area contributed by atoms with Crippen molar-refractivity contribution in [3.8, 4) is 0 Å². The first-order chi connectivity index (χ1) is 14.6. The van der Waals surface area contributed by atoms with Gasteiger partial charge in [-0.2, -0.15) is 0 Å². The van der Waals surface area contributed by atoms with Crippen molar-refractivity contribution < 1.29 is 9.72 Å². The highest BCUT2D eigenvalue weighted by Crippen LogP contribution is 2.15. The molecule has 0 N–H and O–H groups in total. The van der Waals surface area contributed by atoms with E-state index in [1.54, 1.807) is 12.1 Å². The van der Waals surface area contributed by atoms with Crippen molar-refractivity contribution in [3.05, 3.63) is 39.9 Å². The largest absolute Gasteiger partial charge is 0.339 e. The van der Waals surface area contributed by atoms with Crippen LogP contribution in [0, 0.1) is 10.1 Å². The van der Waals surface area contributed by atoms with Crippen LogP contribution in [0.25, 0.3) is 0 Å². The van der Waals surface area contributed by atoms with Gasteiger partial charge in [0.1, 0.15) is 0 Å². The third kappa shape index (κ3) is 11.3. The molecule has 1 aromatic carbocycles. The summed E-state index contributed by atoms with van der Waals surface area (Å²) >= 11 is 0. The molecule has 0 aliphatic heterocycles. The normalized spacial score (nSPS) is 10.9. The number of carbonyl (C=O) groups excluding carboxylic acids is 1. The second kappa shape index (κ2) is 16.8. The van der Waals surface area contributed by atoms with Crippen molar-refractivity contribution in [1.29, 1.82) is 0 Å². The Balaban J connectivity index is 2.06. The van der Waals surface area contributed by atoms with Crippen LogP contribution in [0.4, 0.5) is 5.69 Å². The number of hydrogen-bond donors (Lipinski definition) is 0. The Bertz CT molecular complexity index is 587. The molecule has 0 bridgehead atoms. The fraction of sp³-hybridized carbons (Fsp3) is 0.720. The van der Waals surface area contributed by atoms with Crippen LogP contribution >= 0.6 is 0 Å². The molecule has 5 heteroatoms. The van der Waals surface area contributed by atoms with Crippen LogP contribution in [-0.2, 0) is 0 Å². The molecule has 0 saturated heterocycles. The molecule has 0 radical (unpaired) electrons. The molecule has 170 valence electrons. The first-order valence-electron chi connectivity index (χ1n) is 12.1. The summed E-state index contributed by atoms with van der Waals surface area (Å²) in [6.45, 7) is 5.66. The second-order valence-electron chi connectivity index (χ2n) is 8.28. The Labute approximate surface area is 183 Å². The highest BCUT2D eigenvalue weighted by atomic mass is 16.6. The highest BCUT2D eigenvalue weighted by molar-refractivity contribution is 5.94. The van der Waals surface area contributed by atoms with Crippen molar-refractivity contribution in [2.45, 2.75) is 104 Å². The predicted octanol–water partition coefficient (Wildman–Crippen LogP) is 7.54. The number of carbonyl (C=O) groups is 1. The molecule has 1 amide bonds. The van der Waals surface area contributed by atoms with Gasteiger partial charge in [-0.05, 0) is 25.5 Å². The number of non-ortho nitro benzene ring substituents is 1. The van der Waals surface area contributed by atoms with Crippen LogP contribution in [0.3, 0.4) is 0 Å². The molecule has 0 fully saturated rings. The van der Waals surface area contributed by atoms with Crippen molar-refractivity contribution in [2.24, 2.45) is 0 Å². The Morgan fingerprint density at radius 1 is 0.767 bits per heavy atom. The Hall–Kier alpha value is -1.91. The third-order valence-electron chi connectivity index (χ3n) is 5.78. The smallest absolute Gasteiger partial charge is 0.269 e. The van der Waals surface area contributed by atoms with E-state index in [0.29, 0.717) is 12.1 Å². The van der Waals surface area contributed by atoms with Crippen molar-refractivity contribution >= 4 is 11.6 Å². The summed E-state index contributed by atoms with van der Waals surface area (Å²) in [6.07, 6.45) is 18.5. The summed E-state index contributed by atoms with van der Waals surface area (Å²) in [5.74, 6) is -0.0397. The van der Waals surface area contributed by atoms with E-state index in [2.05, 4.69) is 6.92 Å². The summed E-state index contributed by atoms with van der Waals surface area (Å²) in [6, 6.07) is 5.89. The summed E-state index contributed by atoms with van der Waals surface area (Å²) < 4.78 is 0. The average Bonchev–Trinajstić information content (AvgIpc) is 2.76. The Morgan fingerprint density at radius 2 is 1.20 bits per heavy atom. The summed E-state index contributed by atoms with van der Waals surface area (Å²) in [4.78, 5) is 24.7. The highest BCUT2D eigenvalue weighted by Gasteiger charge is 2.15. The molecule has 0 unspecified atom stereocenters. The van der Waals surface area contributed by atoms with E-state index in [1.165, 1.54) is 89.2 Å². The fourth-order valence-corrected chi connectivity index (χ4v) is 3.81. The minimum absolute atomic E-state index is 0.0153. The van der Waals surface area contributed by atoms with Crippen LogP contribution in [0.5, 0.6) is 0 Å². The van der Waals surface area contributed by atoms with E-state index in [-0.39, 0.29) is 11.6 Å². The Morgan fingerprint density at radius 3 is 1.60 bits per heavy atom. The number of hydrogen-bond acceptors (Lipinski definition) is 3. The van der Waals surface area contributed by atoms with E-state index < -0.39 is 4.92 Å². The molecule has 0 atom stereocenters. The molecule has 5 nitrogen and oxygen atoms in total. The van der Waals surface area contributed by atoms with Gasteiger partial charge in [0.25, 0.3) is 11.6 Å². The number of benzene rings is 1. The Kier molecular flexibility index (Phi) is 14.7. The van der Waals surface area contributed by atoms with E-state index in [9.17, 15) is 14.9 Å². The number of unbranched alkanes of at least 4 members (excludes halogenated alkanes) is 13. The van der Waals surface area contributed by atoms with E-state index in [4.69, 9.17) is 0 Å². The van der Waals surface area contributed by atoms with E-state index in [0.717, 1.165) is 19.4 Å². The lowest BCUT2D eigenvalue weighted by atomic mass is 10.0. The van der Waals surface area contributed by atoms with Gasteiger partial charge in [-0.1, -0.05) is 90.4 Å². The number of nitro benzene ring substituents is 1. The molecule has 0 spiro atoms. The molecule has 1 aromatic rings. The van der Waals surface area contributed by atoms with Crippen molar-refractivity contribution in [1.82, 2.24) is 4.90 Å². The first kappa shape index (κ1) is 26.1. The minimum Gasteiger partial charge on any atom is -0.339 e. The zero-order valence-corrected chi connectivity index (χ0v) is 19.2. The molecular weight excluding hydrogens is 376 g/mol. The van der Waals surface area contributed by atoms with Gasteiger partial charge in [0, 0.05) is 30.8 Å². The van der Waals surface area contributed by atoms with Gasteiger partial charge in [-0.15, -0.1) is 0 Å². The van der Waals surface area contributed by atoms with Gasteiger partial charge in [0.2, 0.25) is 0 Å². The maximum absolute atomic E-state index is 12.6. The molecule has 0 heterocycles. The van der Waals surface area contributed by atoms with Gasteiger partial charge in [0.05, 0.1) is 4.92 Å². The van der Waals surface area contributed by atoms with Crippen LogP contribution in [0.2, 0.25) is 0 Å². The van der Waals surface area contributed by atoms with Crippen molar-refractivity contribution in [2.75, 3.05) is 13.1 Å². The number of rotatable bonds is 18. The molecule has 1 rings (SSSR count). The molecule has 0 aromatic heterocycles. The zero-order valence-electron chi connectivity index (χ0n) is 19.2. The molecule has 30 heavy (non-hydrogen) atoms. The van der Waals surface area contributed by atoms with Crippen LogP contribution < -0.4 is 0 Å². The maximum atomic E-state index is 12.6. The predicted molar refractivity (Wildman–Crippen MR) is 125 cm³/mol. The summed E-state index contributed by atoms with van der Waals surface area (Å²) in [5, 5.41) is 10.7. The van der Waals surface area contributed by atoms with Gasteiger partial charge < -0.3 is 4.90 Å². The minimum atomic E-state index is -0.444. The van der Waals surface area contributed by atoms with Crippen LogP contribution in [0.15, 0.2) is 24.3 Å². The van der Waals surface area contributed by atoms with Gasteiger partial charge in [-0.3, -0.25) is 14.9 Å². The third-order valence-corrected chi connectivity index (χ3v) is 5.78. The van der Waals surface area contributed by atoms with Gasteiger partial charge in [-0.25, -0.2) is 0 Å². The van der Waals surface area contributed by atoms with Gasteiger partial charge in [0.15, 0.2) is 0 Å². The quantitative estimate of drug-likeness (QED) is 0.140. The number of nitrogens with zero attached hydrogens (tertiary/aromatic N) is 2. The number of amides is 1. The molecular formula is C25H42N2O3. The van der Waals surface area contributed by atoms with Crippen LogP contribution in [0.1, 0.15) is 114 Å².